The van der Waals surface area contributed by atoms with Gasteiger partial charge < -0.3 is 16.0 Å². The molecule has 2 aliphatic rings. The summed E-state index contributed by atoms with van der Waals surface area (Å²) in [6, 6.07) is 6.02. The molecular formula is C19H25ClN6O2. The quantitative estimate of drug-likeness (QED) is 0.723. The number of aryl methyl sites for hydroxylation is 1. The van der Waals surface area contributed by atoms with Gasteiger partial charge in [0.15, 0.2) is 5.69 Å². The van der Waals surface area contributed by atoms with E-state index in [1.807, 2.05) is 29.8 Å². The monoisotopic (exact) mass is 404 g/mol. The van der Waals surface area contributed by atoms with E-state index in [1.165, 1.54) is 0 Å². The number of benzene rings is 1. The van der Waals surface area contributed by atoms with Gasteiger partial charge in [-0.15, -0.1) is 17.5 Å². The lowest BCUT2D eigenvalue weighted by atomic mass is 9.98. The van der Waals surface area contributed by atoms with Crippen molar-refractivity contribution in [2.24, 2.45) is 0 Å². The van der Waals surface area contributed by atoms with Crippen LogP contribution in [0.15, 0.2) is 24.4 Å². The van der Waals surface area contributed by atoms with Crippen LogP contribution in [-0.2, 0) is 11.2 Å². The second kappa shape index (κ2) is 8.70. The Morgan fingerprint density at radius 3 is 2.86 bits per heavy atom. The van der Waals surface area contributed by atoms with Gasteiger partial charge in [0.25, 0.3) is 5.91 Å². The maximum absolute atomic E-state index is 12.6. The molecule has 9 heteroatoms. The summed E-state index contributed by atoms with van der Waals surface area (Å²) in [5.41, 5.74) is 3.30. The van der Waals surface area contributed by atoms with E-state index in [4.69, 9.17) is 0 Å². The first-order valence-electron chi connectivity index (χ1n) is 9.46. The maximum atomic E-state index is 12.6. The predicted molar refractivity (Wildman–Crippen MR) is 108 cm³/mol. The van der Waals surface area contributed by atoms with Crippen molar-refractivity contribution in [1.29, 1.82) is 0 Å². The minimum Gasteiger partial charge on any atom is -0.344 e. The highest BCUT2D eigenvalue weighted by atomic mass is 35.5. The van der Waals surface area contributed by atoms with Crippen molar-refractivity contribution in [3.05, 3.63) is 41.2 Å². The lowest BCUT2D eigenvalue weighted by molar-refractivity contribution is -0.116. The van der Waals surface area contributed by atoms with Gasteiger partial charge in [-0.1, -0.05) is 17.3 Å². The Labute approximate surface area is 169 Å². The molecule has 0 spiro atoms. The first-order chi connectivity index (χ1) is 13.1. The average molecular weight is 405 g/mol. The average Bonchev–Trinajstić information content (AvgIpc) is 3.18. The molecule has 1 fully saturated rings. The molecule has 1 aromatic carbocycles. The van der Waals surface area contributed by atoms with Crippen molar-refractivity contribution >= 4 is 29.9 Å². The highest BCUT2D eigenvalue weighted by Crippen LogP contribution is 2.26. The zero-order valence-electron chi connectivity index (χ0n) is 15.8. The minimum absolute atomic E-state index is 0. The number of carbonyl (C=O) groups is 2. The molecule has 0 bridgehead atoms. The van der Waals surface area contributed by atoms with Crippen LogP contribution in [0, 0.1) is 0 Å². The summed E-state index contributed by atoms with van der Waals surface area (Å²) in [5, 5.41) is 17.4. The molecule has 1 aromatic heterocycles. The number of carbonyl (C=O) groups excluding carboxylic acids is 2. The van der Waals surface area contributed by atoms with E-state index >= 15 is 0 Å². The van der Waals surface area contributed by atoms with Crippen molar-refractivity contribution in [2.45, 2.75) is 44.7 Å². The summed E-state index contributed by atoms with van der Waals surface area (Å²) in [7, 11) is 0. The Kier molecular flexibility index (Phi) is 6.31. The molecular weight excluding hydrogens is 380 g/mol. The summed E-state index contributed by atoms with van der Waals surface area (Å²) in [5.74, 6) is -0.179. The van der Waals surface area contributed by atoms with E-state index in [2.05, 4.69) is 26.3 Å². The maximum Gasteiger partial charge on any atom is 0.273 e. The van der Waals surface area contributed by atoms with Crippen LogP contribution < -0.4 is 16.0 Å². The summed E-state index contributed by atoms with van der Waals surface area (Å²) in [4.78, 5) is 24.0. The first kappa shape index (κ1) is 20.3. The number of amides is 2. The van der Waals surface area contributed by atoms with Crippen molar-refractivity contribution in [3.63, 3.8) is 0 Å². The van der Waals surface area contributed by atoms with Gasteiger partial charge in [0.1, 0.15) is 0 Å². The van der Waals surface area contributed by atoms with Crippen LogP contribution in [0.3, 0.4) is 0 Å². The summed E-state index contributed by atoms with van der Waals surface area (Å²) >= 11 is 0. The third-order valence-corrected chi connectivity index (χ3v) is 5.30. The number of piperidine rings is 1. The summed E-state index contributed by atoms with van der Waals surface area (Å²) in [6.45, 7) is 3.86. The van der Waals surface area contributed by atoms with Gasteiger partial charge in [0.05, 0.1) is 18.3 Å². The molecule has 1 unspecified atom stereocenters. The van der Waals surface area contributed by atoms with E-state index in [0.717, 1.165) is 49.2 Å². The van der Waals surface area contributed by atoms with Crippen LogP contribution >= 0.6 is 12.4 Å². The van der Waals surface area contributed by atoms with E-state index < -0.39 is 0 Å². The van der Waals surface area contributed by atoms with Gasteiger partial charge in [0.2, 0.25) is 5.91 Å². The van der Waals surface area contributed by atoms with Gasteiger partial charge in [-0.2, -0.15) is 0 Å². The summed E-state index contributed by atoms with van der Waals surface area (Å²) < 4.78 is 1.81. The van der Waals surface area contributed by atoms with Crippen molar-refractivity contribution in [2.75, 3.05) is 18.4 Å². The van der Waals surface area contributed by atoms with Crippen LogP contribution in [0.25, 0.3) is 0 Å². The van der Waals surface area contributed by atoms with Gasteiger partial charge in [-0.25, -0.2) is 4.68 Å². The van der Waals surface area contributed by atoms with E-state index in [1.54, 1.807) is 6.20 Å². The van der Waals surface area contributed by atoms with Gasteiger partial charge in [-0.3, -0.25) is 9.59 Å². The largest absolute Gasteiger partial charge is 0.344 e. The van der Waals surface area contributed by atoms with Gasteiger partial charge in [-0.05, 0) is 56.5 Å². The minimum atomic E-state index is -0.228. The molecule has 2 aliphatic heterocycles. The zero-order valence-corrected chi connectivity index (χ0v) is 16.6. The lowest BCUT2D eigenvalue weighted by Crippen LogP contribution is -2.29. The van der Waals surface area contributed by atoms with E-state index in [0.29, 0.717) is 18.2 Å². The Morgan fingerprint density at radius 1 is 1.29 bits per heavy atom. The number of hydrogen-bond acceptors (Lipinski definition) is 5. The summed E-state index contributed by atoms with van der Waals surface area (Å²) in [6.07, 6.45) is 4.94. The molecule has 3 heterocycles. The van der Waals surface area contributed by atoms with E-state index in [-0.39, 0.29) is 30.3 Å². The number of anilines is 1. The van der Waals surface area contributed by atoms with E-state index in [9.17, 15) is 9.59 Å². The number of hydrogen-bond donors (Lipinski definition) is 3. The molecule has 3 N–H and O–H groups in total. The molecule has 1 atom stereocenters. The fraction of sp³-hybridized carbons (Fsp3) is 0.474. The van der Waals surface area contributed by atoms with Gasteiger partial charge >= 0.3 is 0 Å². The number of fused-ring (bicyclic) bond motifs is 1. The Bertz CT molecular complexity index is 862. The van der Waals surface area contributed by atoms with Crippen LogP contribution in [-0.4, -0.2) is 39.9 Å². The van der Waals surface area contributed by atoms with Gasteiger partial charge in [0, 0.05) is 12.1 Å². The Balaban J connectivity index is 0.00000225. The van der Waals surface area contributed by atoms with Crippen LogP contribution in [0.2, 0.25) is 0 Å². The Hall–Kier alpha value is -2.45. The fourth-order valence-corrected chi connectivity index (χ4v) is 3.66. The van der Waals surface area contributed by atoms with Crippen LogP contribution in [0.5, 0.6) is 0 Å². The third-order valence-electron chi connectivity index (χ3n) is 5.30. The topological polar surface area (TPSA) is 101 Å². The van der Waals surface area contributed by atoms with Crippen molar-refractivity contribution < 1.29 is 9.59 Å². The fourth-order valence-electron chi connectivity index (χ4n) is 3.66. The highest BCUT2D eigenvalue weighted by Gasteiger charge is 2.21. The van der Waals surface area contributed by atoms with Crippen molar-refractivity contribution in [1.82, 2.24) is 25.6 Å². The smallest absolute Gasteiger partial charge is 0.273 e. The molecule has 28 heavy (non-hydrogen) atoms. The second-order valence-electron chi connectivity index (χ2n) is 7.22. The Morgan fingerprint density at radius 2 is 2.07 bits per heavy atom. The number of halogens is 1. The zero-order chi connectivity index (χ0) is 18.8. The number of aromatic nitrogens is 3. The molecule has 2 aromatic rings. The standard InChI is InChI=1S/C19H24N6O2.ClH/c1-12(13-2-4-16-14(10-13)3-5-18(26)22-16)21-19(27)17-11-25(24-23-17)15-6-8-20-9-7-15;/h2,4,10-12,15,20H,3,5-9H2,1H3,(H,21,27)(H,22,26);1H. The van der Waals surface area contributed by atoms with Crippen molar-refractivity contribution in [3.8, 4) is 0 Å². The molecule has 0 radical (unpaired) electrons. The molecule has 4 rings (SSSR count). The predicted octanol–water partition coefficient (Wildman–Crippen LogP) is 2.00. The molecule has 150 valence electrons. The molecule has 8 nitrogen and oxygen atoms in total. The third kappa shape index (κ3) is 4.34. The van der Waals surface area contributed by atoms with Crippen LogP contribution in [0.4, 0.5) is 5.69 Å². The SMILES string of the molecule is CC(NC(=O)c1cn(C2CCNCC2)nn1)c1ccc2c(c1)CCC(=O)N2.Cl. The molecule has 2 amide bonds. The molecule has 1 saturated heterocycles. The first-order valence-corrected chi connectivity index (χ1v) is 9.46. The number of nitrogens with zero attached hydrogens (tertiary/aromatic N) is 3. The second-order valence-corrected chi connectivity index (χ2v) is 7.22. The van der Waals surface area contributed by atoms with Crippen LogP contribution in [0.1, 0.15) is 59.9 Å². The lowest BCUT2D eigenvalue weighted by Gasteiger charge is -2.22. The number of rotatable bonds is 4. The normalized spacial score (nSPS) is 17.8. The molecule has 0 aliphatic carbocycles. The molecule has 0 saturated carbocycles. The highest BCUT2D eigenvalue weighted by molar-refractivity contribution is 5.94. The number of nitrogens with one attached hydrogen (secondary N) is 3.